The first-order valence-corrected chi connectivity index (χ1v) is 5.90. The van der Waals surface area contributed by atoms with E-state index in [1.807, 2.05) is 30.3 Å². The summed E-state index contributed by atoms with van der Waals surface area (Å²) in [5.41, 5.74) is 1.70. The van der Waals surface area contributed by atoms with Gasteiger partial charge in [-0.05, 0) is 24.3 Å². The second kappa shape index (κ2) is 4.70. The Balaban J connectivity index is 1.87. The summed E-state index contributed by atoms with van der Waals surface area (Å²) in [5.74, 6) is 0.721. The molecular formula is C14H10ClNO2. The molecule has 90 valence electrons. The standard InChI is InChI=1S/C14H10ClNO2/c15-12-4-1-5-13-14(12)10(9-18-13)8-17-11-3-2-6-16-7-11/h1-7,9H,8H2. The van der Waals surface area contributed by atoms with Gasteiger partial charge >= 0.3 is 0 Å². The Labute approximate surface area is 109 Å². The number of nitrogens with zero attached hydrogens (tertiary/aromatic N) is 1. The Hall–Kier alpha value is -2.00. The molecule has 0 saturated heterocycles. The third kappa shape index (κ3) is 2.05. The normalized spacial score (nSPS) is 10.7. The van der Waals surface area contributed by atoms with Crippen LogP contribution in [0, 0.1) is 0 Å². The molecule has 0 aliphatic heterocycles. The topological polar surface area (TPSA) is 35.3 Å². The molecule has 3 aromatic rings. The number of hydrogen-bond donors (Lipinski definition) is 0. The minimum atomic E-state index is 0.405. The van der Waals surface area contributed by atoms with E-state index in [9.17, 15) is 0 Å². The molecule has 3 nitrogen and oxygen atoms in total. The van der Waals surface area contributed by atoms with Crippen molar-refractivity contribution in [3.63, 3.8) is 0 Å². The van der Waals surface area contributed by atoms with Crippen LogP contribution in [-0.2, 0) is 6.61 Å². The molecule has 0 saturated carbocycles. The molecule has 0 radical (unpaired) electrons. The van der Waals surface area contributed by atoms with Gasteiger partial charge in [0.15, 0.2) is 0 Å². The van der Waals surface area contributed by atoms with E-state index in [1.165, 1.54) is 0 Å². The second-order valence-electron chi connectivity index (χ2n) is 3.85. The lowest BCUT2D eigenvalue weighted by Crippen LogP contribution is -1.94. The molecule has 1 aromatic carbocycles. The van der Waals surface area contributed by atoms with Crippen molar-refractivity contribution in [1.82, 2.24) is 4.98 Å². The first kappa shape index (κ1) is 11.1. The van der Waals surface area contributed by atoms with E-state index >= 15 is 0 Å². The number of benzene rings is 1. The number of pyridine rings is 1. The van der Waals surface area contributed by atoms with Crippen LogP contribution in [0.25, 0.3) is 11.0 Å². The smallest absolute Gasteiger partial charge is 0.138 e. The van der Waals surface area contributed by atoms with Crippen LogP contribution in [0.1, 0.15) is 5.56 Å². The lowest BCUT2D eigenvalue weighted by atomic mass is 10.2. The molecule has 0 aliphatic carbocycles. The quantitative estimate of drug-likeness (QED) is 0.711. The maximum Gasteiger partial charge on any atom is 0.138 e. The van der Waals surface area contributed by atoms with Gasteiger partial charge in [-0.3, -0.25) is 4.98 Å². The van der Waals surface area contributed by atoms with Crippen LogP contribution in [0.3, 0.4) is 0 Å². The summed E-state index contributed by atoms with van der Waals surface area (Å²) in [6, 6.07) is 9.27. The van der Waals surface area contributed by atoms with Gasteiger partial charge < -0.3 is 9.15 Å². The average molecular weight is 260 g/mol. The number of rotatable bonds is 3. The first-order valence-electron chi connectivity index (χ1n) is 5.52. The number of fused-ring (bicyclic) bond motifs is 1. The van der Waals surface area contributed by atoms with Crippen LogP contribution >= 0.6 is 11.6 Å². The highest BCUT2D eigenvalue weighted by atomic mass is 35.5. The van der Waals surface area contributed by atoms with Crippen LogP contribution in [0.5, 0.6) is 5.75 Å². The van der Waals surface area contributed by atoms with E-state index in [2.05, 4.69) is 4.98 Å². The molecule has 0 fully saturated rings. The van der Waals surface area contributed by atoms with Gasteiger partial charge in [0, 0.05) is 17.1 Å². The molecule has 0 spiro atoms. The molecule has 0 aliphatic rings. The Morgan fingerprint density at radius 3 is 3.00 bits per heavy atom. The summed E-state index contributed by atoms with van der Waals surface area (Å²) in [5, 5.41) is 1.58. The number of halogens is 1. The molecule has 4 heteroatoms. The Morgan fingerprint density at radius 2 is 2.17 bits per heavy atom. The molecule has 3 rings (SSSR count). The minimum absolute atomic E-state index is 0.405. The maximum absolute atomic E-state index is 6.16. The summed E-state index contributed by atoms with van der Waals surface area (Å²) in [6.07, 6.45) is 5.05. The van der Waals surface area contributed by atoms with E-state index in [1.54, 1.807) is 18.7 Å². The molecule has 18 heavy (non-hydrogen) atoms. The van der Waals surface area contributed by atoms with Crippen molar-refractivity contribution >= 4 is 22.6 Å². The van der Waals surface area contributed by atoms with Crippen molar-refractivity contribution in [3.05, 3.63) is 59.6 Å². The SMILES string of the molecule is Clc1cccc2occ(COc3cccnc3)c12. The third-order valence-corrected chi connectivity index (χ3v) is 2.97. The molecule has 2 aromatic heterocycles. The Bertz CT molecular complexity index is 664. The van der Waals surface area contributed by atoms with Gasteiger partial charge in [0.05, 0.1) is 17.5 Å². The average Bonchev–Trinajstić information content (AvgIpc) is 2.82. The first-order chi connectivity index (χ1) is 8.84. The lowest BCUT2D eigenvalue weighted by Gasteiger charge is -2.04. The van der Waals surface area contributed by atoms with E-state index in [0.29, 0.717) is 11.6 Å². The lowest BCUT2D eigenvalue weighted by molar-refractivity contribution is 0.304. The van der Waals surface area contributed by atoms with E-state index in [-0.39, 0.29) is 0 Å². The third-order valence-electron chi connectivity index (χ3n) is 2.65. The summed E-state index contributed by atoms with van der Waals surface area (Å²) in [6.45, 7) is 0.405. The van der Waals surface area contributed by atoms with Crippen LogP contribution < -0.4 is 4.74 Å². The van der Waals surface area contributed by atoms with Crippen molar-refractivity contribution in [2.75, 3.05) is 0 Å². The monoisotopic (exact) mass is 259 g/mol. The number of aromatic nitrogens is 1. The fraction of sp³-hybridized carbons (Fsp3) is 0.0714. The van der Waals surface area contributed by atoms with Crippen LogP contribution in [0.2, 0.25) is 5.02 Å². The highest BCUT2D eigenvalue weighted by molar-refractivity contribution is 6.35. The van der Waals surface area contributed by atoms with Crippen LogP contribution in [0.4, 0.5) is 0 Å². The summed E-state index contributed by atoms with van der Waals surface area (Å²) in [4.78, 5) is 3.99. The molecule has 0 unspecified atom stereocenters. The van der Waals surface area contributed by atoms with Crippen LogP contribution in [-0.4, -0.2) is 4.98 Å². The van der Waals surface area contributed by atoms with Gasteiger partial charge in [-0.15, -0.1) is 0 Å². The van der Waals surface area contributed by atoms with Gasteiger partial charge in [0.25, 0.3) is 0 Å². The van der Waals surface area contributed by atoms with Crippen molar-refractivity contribution in [3.8, 4) is 5.75 Å². The molecule has 0 amide bonds. The van der Waals surface area contributed by atoms with Gasteiger partial charge in [-0.1, -0.05) is 17.7 Å². The maximum atomic E-state index is 6.16. The highest BCUT2D eigenvalue weighted by Gasteiger charge is 2.09. The van der Waals surface area contributed by atoms with E-state index in [4.69, 9.17) is 20.8 Å². The molecule has 0 bridgehead atoms. The van der Waals surface area contributed by atoms with Gasteiger partial charge in [-0.2, -0.15) is 0 Å². The summed E-state index contributed by atoms with van der Waals surface area (Å²) >= 11 is 6.16. The van der Waals surface area contributed by atoms with Crippen molar-refractivity contribution in [1.29, 1.82) is 0 Å². The van der Waals surface area contributed by atoms with Crippen LogP contribution in [0.15, 0.2) is 53.4 Å². The van der Waals surface area contributed by atoms with Crippen molar-refractivity contribution in [2.24, 2.45) is 0 Å². The van der Waals surface area contributed by atoms with E-state index < -0.39 is 0 Å². The summed E-state index contributed by atoms with van der Waals surface area (Å²) in [7, 11) is 0. The minimum Gasteiger partial charge on any atom is -0.487 e. The van der Waals surface area contributed by atoms with Gasteiger partial charge in [0.1, 0.15) is 17.9 Å². The van der Waals surface area contributed by atoms with Gasteiger partial charge in [0.2, 0.25) is 0 Å². The zero-order valence-electron chi connectivity index (χ0n) is 9.47. The van der Waals surface area contributed by atoms with Crippen molar-refractivity contribution in [2.45, 2.75) is 6.61 Å². The van der Waals surface area contributed by atoms with Crippen molar-refractivity contribution < 1.29 is 9.15 Å². The highest BCUT2D eigenvalue weighted by Crippen LogP contribution is 2.29. The molecular weight excluding hydrogens is 250 g/mol. The largest absolute Gasteiger partial charge is 0.487 e. The molecule has 0 N–H and O–H groups in total. The fourth-order valence-electron chi connectivity index (χ4n) is 1.81. The van der Waals surface area contributed by atoms with Gasteiger partial charge in [-0.25, -0.2) is 0 Å². The number of hydrogen-bond acceptors (Lipinski definition) is 3. The Kier molecular flexibility index (Phi) is 2.90. The summed E-state index contributed by atoms with van der Waals surface area (Å²) < 4.78 is 11.1. The molecule has 0 atom stereocenters. The predicted octanol–water partition coefficient (Wildman–Crippen LogP) is 4.06. The zero-order valence-corrected chi connectivity index (χ0v) is 10.2. The van der Waals surface area contributed by atoms with E-state index in [0.717, 1.165) is 22.3 Å². The predicted molar refractivity (Wildman–Crippen MR) is 69.8 cm³/mol. The fourth-order valence-corrected chi connectivity index (χ4v) is 2.09. The molecule has 2 heterocycles. The second-order valence-corrected chi connectivity index (χ2v) is 4.26. The number of ether oxygens (including phenoxy) is 1. The zero-order chi connectivity index (χ0) is 12.4. The number of furan rings is 1. The Morgan fingerprint density at radius 1 is 1.22 bits per heavy atom.